The lowest BCUT2D eigenvalue weighted by Crippen LogP contribution is -2.26. The summed E-state index contributed by atoms with van der Waals surface area (Å²) in [5.41, 5.74) is 1.96. The summed E-state index contributed by atoms with van der Waals surface area (Å²) in [6.45, 7) is 11.4. The van der Waals surface area contributed by atoms with Gasteiger partial charge in [-0.3, -0.25) is 4.79 Å². The Morgan fingerprint density at radius 3 is 2.63 bits per heavy atom. The Bertz CT molecular complexity index is 1320. The van der Waals surface area contributed by atoms with E-state index >= 15 is 0 Å². The van der Waals surface area contributed by atoms with E-state index in [0.717, 1.165) is 30.6 Å². The number of nitrogens with one attached hydrogen (secondary N) is 1. The number of thioether (sulfide) groups is 1. The Morgan fingerprint density at radius 1 is 1.29 bits per heavy atom. The second-order valence-corrected chi connectivity index (χ2v) is 12.5. The number of anilines is 1. The molecular weight excluding hydrogens is 518 g/mol. The van der Waals surface area contributed by atoms with E-state index in [2.05, 4.69) is 42.4 Å². The predicted octanol–water partition coefficient (Wildman–Crippen LogP) is 6.26. The Hall–Kier alpha value is -3.03. The fourth-order valence-corrected chi connectivity index (χ4v) is 6.84. The van der Waals surface area contributed by atoms with Gasteiger partial charge in [-0.15, -0.1) is 21.5 Å². The maximum absolute atomic E-state index is 12.9. The molecule has 1 aliphatic rings. The molecule has 202 valence electrons. The molecule has 2 heterocycles. The number of methoxy groups -OCH3 is 1. The molecule has 10 heteroatoms. The van der Waals surface area contributed by atoms with Gasteiger partial charge >= 0.3 is 0 Å². The number of thiophene rings is 1. The number of benzene rings is 1. The summed E-state index contributed by atoms with van der Waals surface area (Å²) in [4.78, 5) is 14.1. The van der Waals surface area contributed by atoms with Crippen LogP contribution < -0.4 is 14.8 Å². The van der Waals surface area contributed by atoms with Crippen molar-refractivity contribution in [3.05, 3.63) is 46.1 Å². The van der Waals surface area contributed by atoms with Gasteiger partial charge in [0, 0.05) is 11.4 Å². The molecule has 2 atom stereocenters. The SMILES string of the molecule is CCn1c(SCC(=O)Nc2sc3c(c2C#N)CCC(C(C)(C)C)C3)nnc1C(C)Oc1ccc(OC)cc1. The highest BCUT2D eigenvalue weighted by Gasteiger charge is 2.32. The minimum Gasteiger partial charge on any atom is -0.497 e. The van der Waals surface area contributed by atoms with Crippen molar-refractivity contribution < 1.29 is 14.3 Å². The molecular formula is C28H35N5O3S2. The molecule has 2 unspecified atom stereocenters. The highest BCUT2D eigenvalue weighted by molar-refractivity contribution is 7.99. The Kier molecular flexibility index (Phi) is 8.68. The molecule has 0 radical (unpaired) electrons. The smallest absolute Gasteiger partial charge is 0.235 e. The van der Waals surface area contributed by atoms with E-state index in [1.165, 1.54) is 16.6 Å². The van der Waals surface area contributed by atoms with E-state index in [9.17, 15) is 10.1 Å². The van der Waals surface area contributed by atoms with Gasteiger partial charge in [0.2, 0.25) is 5.91 Å². The quantitative estimate of drug-likeness (QED) is 0.312. The topological polar surface area (TPSA) is 102 Å². The highest BCUT2D eigenvalue weighted by atomic mass is 32.2. The van der Waals surface area contributed by atoms with Crippen molar-refractivity contribution in [2.75, 3.05) is 18.2 Å². The Morgan fingerprint density at radius 2 is 2.00 bits per heavy atom. The van der Waals surface area contributed by atoms with Crippen LogP contribution in [0.25, 0.3) is 0 Å². The zero-order valence-corrected chi connectivity index (χ0v) is 24.5. The average molecular weight is 554 g/mol. The molecule has 1 amide bonds. The van der Waals surface area contributed by atoms with Gasteiger partial charge in [-0.05, 0) is 74.3 Å². The van der Waals surface area contributed by atoms with Gasteiger partial charge in [0.15, 0.2) is 17.1 Å². The van der Waals surface area contributed by atoms with Crippen LogP contribution in [0.5, 0.6) is 11.5 Å². The van der Waals surface area contributed by atoms with E-state index in [4.69, 9.17) is 9.47 Å². The van der Waals surface area contributed by atoms with Crippen LogP contribution in [0.2, 0.25) is 0 Å². The van der Waals surface area contributed by atoms with Crippen LogP contribution >= 0.6 is 23.1 Å². The van der Waals surface area contributed by atoms with Crippen LogP contribution in [0, 0.1) is 22.7 Å². The number of carbonyl (C=O) groups is 1. The van der Waals surface area contributed by atoms with Crippen molar-refractivity contribution in [3.8, 4) is 17.6 Å². The normalized spacial score (nSPS) is 15.9. The number of hydrogen-bond acceptors (Lipinski definition) is 8. The van der Waals surface area contributed by atoms with Crippen molar-refractivity contribution >= 4 is 34.0 Å². The lowest BCUT2D eigenvalue weighted by molar-refractivity contribution is -0.113. The third-order valence-corrected chi connectivity index (χ3v) is 9.12. The van der Waals surface area contributed by atoms with Crippen LogP contribution in [0.3, 0.4) is 0 Å². The molecule has 0 aliphatic heterocycles. The highest BCUT2D eigenvalue weighted by Crippen LogP contribution is 2.44. The lowest BCUT2D eigenvalue weighted by atomic mass is 9.72. The zero-order chi connectivity index (χ0) is 27.4. The van der Waals surface area contributed by atoms with Gasteiger partial charge in [0.05, 0.1) is 18.4 Å². The molecule has 2 aromatic heterocycles. The fourth-order valence-electron chi connectivity index (χ4n) is 4.74. The molecule has 0 saturated carbocycles. The van der Waals surface area contributed by atoms with Crippen LogP contribution in [0.15, 0.2) is 29.4 Å². The lowest BCUT2D eigenvalue weighted by Gasteiger charge is -2.33. The first-order chi connectivity index (χ1) is 18.1. The molecule has 38 heavy (non-hydrogen) atoms. The molecule has 1 N–H and O–H groups in total. The molecule has 4 rings (SSSR count). The first-order valence-electron chi connectivity index (χ1n) is 12.9. The number of rotatable bonds is 9. The number of nitrogens with zero attached hydrogens (tertiary/aromatic N) is 4. The van der Waals surface area contributed by atoms with E-state index in [-0.39, 0.29) is 23.2 Å². The van der Waals surface area contributed by atoms with Gasteiger partial charge in [0.1, 0.15) is 22.6 Å². The predicted molar refractivity (Wildman–Crippen MR) is 151 cm³/mol. The fraction of sp³-hybridized carbons (Fsp3) is 0.500. The number of aromatic nitrogens is 3. The Balaban J connectivity index is 1.40. The first-order valence-corrected chi connectivity index (χ1v) is 14.7. The van der Waals surface area contributed by atoms with E-state index in [0.29, 0.717) is 39.8 Å². The van der Waals surface area contributed by atoms with Gasteiger partial charge in [0.25, 0.3) is 0 Å². The van der Waals surface area contributed by atoms with Crippen molar-refractivity contribution in [3.63, 3.8) is 0 Å². The van der Waals surface area contributed by atoms with Crippen molar-refractivity contribution in [2.24, 2.45) is 11.3 Å². The monoisotopic (exact) mass is 553 g/mol. The summed E-state index contributed by atoms with van der Waals surface area (Å²) < 4.78 is 13.2. The van der Waals surface area contributed by atoms with Gasteiger partial charge in [-0.2, -0.15) is 5.26 Å². The van der Waals surface area contributed by atoms with Gasteiger partial charge < -0.3 is 19.4 Å². The van der Waals surface area contributed by atoms with E-state index in [1.807, 2.05) is 42.7 Å². The van der Waals surface area contributed by atoms with Crippen LogP contribution in [-0.2, 0) is 24.2 Å². The summed E-state index contributed by atoms with van der Waals surface area (Å²) in [7, 11) is 1.63. The number of amides is 1. The van der Waals surface area contributed by atoms with Gasteiger partial charge in [-0.25, -0.2) is 0 Å². The van der Waals surface area contributed by atoms with Crippen LogP contribution in [0.4, 0.5) is 5.00 Å². The largest absolute Gasteiger partial charge is 0.497 e. The molecule has 0 bridgehead atoms. The molecule has 0 spiro atoms. The number of fused-ring (bicyclic) bond motifs is 1. The summed E-state index contributed by atoms with van der Waals surface area (Å²) in [5, 5.41) is 22.8. The zero-order valence-electron chi connectivity index (χ0n) is 22.8. The second kappa shape index (κ2) is 11.8. The number of ether oxygens (including phenoxy) is 2. The second-order valence-electron chi connectivity index (χ2n) is 10.5. The first kappa shape index (κ1) is 28.0. The van der Waals surface area contributed by atoms with Crippen LogP contribution in [-0.4, -0.2) is 33.5 Å². The van der Waals surface area contributed by atoms with Crippen LogP contribution in [0.1, 0.15) is 69.0 Å². The maximum Gasteiger partial charge on any atom is 0.235 e. The average Bonchev–Trinajstić information content (AvgIpc) is 3.47. The molecule has 1 aromatic carbocycles. The molecule has 0 saturated heterocycles. The molecule has 0 fully saturated rings. The summed E-state index contributed by atoms with van der Waals surface area (Å²) in [6, 6.07) is 9.73. The summed E-state index contributed by atoms with van der Waals surface area (Å²) >= 11 is 2.88. The summed E-state index contributed by atoms with van der Waals surface area (Å²) in [6.07, 6.45) is 2.59. The number of carbonyl (C=O) groups excluding carboxylic acids is 1. The van der Waals surface area contributed by atoms with E-state index < -0.39 is 0 Å². The number of hydrogen-bond donors (Lipinski definition) is 1. The Labute approximate surface area is 232 Å². The van der Waals surface area contributed by atoms with Crippen molar-refractivity contribution in [2.45, 2.75) is 71.7 Å². The molecule has 3 aromatic rings. The number of nitriles is 1. The minimum atomic E-state index is -0.327. The molecule has 8 nitrogen and oxygen atoms in total. The third kappa shape index (κ3) is 6.16. The standard InChI is InChI=1S/C28H35N5O3S2/c1-7-33-25(17(2)36-20-11-9-19(35-6)10-12-20)31-32-27(33)37-16-24(34)30-26-22(15-29)21-13-8-18(28(3,4)5)14-23(21)38-26/h9-12,17-18H,7-8,13-14,16H2,1-6H3,(H,30,34). The van der Waals surface area contributed by atoms with E-state index in [1.54, 1.807) is 18.4 Å². The maximum atomic E-state index is 12.9. The van der Waals surface area contributed by atoms with Crippen molar-refractivity contribution in [1.29, 1.82) is 5.26 Å². The minimum absolute atomic E-state index is 0.160. The van der Waals surface area contributed by atoms with Crippen molar-refractivity contribution in [1.82, 2.24) is 14.8 Å². The summed E-state index contributed by atoms with van der Waals surface area (Å²) in [5.74, 6) is 2.74. The third-order valence-electron chi connectivity index (χ3n) is 6.98. The molecule has 1 aliphatic carbocycles. The van der Waals surface area contributed by atoms with Gasteiger partial charge in [-0.1, -0.05) is 32.5 Å².